The maximum atomic E-state index is 13.2. The van der Waals surface area contributed by atoms with E-state index in [1.165, 1.54) is 6.07 Å². The molecule has 0 spiro atoms. The number of hydrogen-bond acceptors (Lipinski definition) is 3. The van der Waals surface area contributed by atoms with Gasteiger partial charge in [0.2, 0.25) is 0 Å². The zero-order chi connectivity index (χ0) is 14.8. The van der Waals surface area contributed by atoms with Crippen molar-refractivity contribution in [2.45, 2.75) is 19.9 Å². The van der Waals surface area contributed by atoms with Gasteiger partial charge in [-0.1, -0.05) is 13.0 Å². The van der Waals surface area contributed by atoms with Crippen molar-refractivity contribution >= 4 is 32.7 Å². The van der Waals surface area contributed by atoms with E-state index in [2.05, 4.69) is 26.2 Å². The van der Waals surface area contributed by atoms with Gasteiger partial charge < -0.3 is 9.73 Å². The molecular formula is C16H14BrFN2O. The minimum atomic E-state index is -0.255. The van der Waals surface area contributed by atoms with E-state index in [1.807, 2.05) is 25.1 Å². The van der Waals surface area contributed by atoms with Gasteiger partial charge in [-0.25, -0.2) is 9.37 Å². The minimum absolute atomic E-state index is 0.255. The van der Waals surface area contributed by atoms with Gasteiger partial charge in [0.25, 0.3) is 0 Å². The van der Waals surface area contributed by atoms with E-state index < -0.39 is 0 Å². The van der Waals surface area contributed by atoms with Crippen LogP contribution in [0.15, 0.2) is 45.3 Å². The average molecular weight is 349 g/mol. The molecule has 0 saturated heterocycles. The molecule has 0 aliphatic carbocycles. The van der Waals surface area contributed by atoms with Gasteiger partial charge in [0.05, 0.1) is 4.47 Å². The van der Waals surface area contributed by atoms with E-state index >= 15 is 0 Å². The molecule has 0 amide bonds. The Balaban J connectivity index is 1.76. The van der Waals surface area contributed by atoms with Crippen molar-refractivity contribution in [3.8, 4) is 0 Å². The quantitative estimate of drug-likeness (QED) is 0.728. The SMILES string of the molecule is CCc1nc2cc(NCc3ccc(F)c(Br)c3)ccc2o1. The van der Waals surface area contributed by atoms with Crippen LogP contribution in [0.4, 0.5) is 10.1 Å². The molecule has 3 rings (SSSR count). The highest BCUT2D eigenvalue weighted by Gasteiger charge is 2.05. The minimum Gasteiger partial charge on any atom is -0.441 e. The molecule has 1 heterocycles. The van der Waals surface area contributed by atoms with Gasteiger partial charge in [-0.2, -0.15) is 0 Å². The molecule has 2 aromatic carbocycles. The average Bonchev–Trinajstić information content (AvgIpc) is 2.90. The molecular weight excluding hydrogens is 335 g/mol. The first kappa shape index (κ1) is 14.1. The van der Waals surface area contributed by atoms with Crippen molar-refractivity contribution in [2.24, 2.45) is 0 Å². The van der Waals surface area contributed by atoms with Crippen LogP contribution in [0.1, 0.15) is 18.4 Å². The van der Waals surface area contributed by atoms with E-state index in [9.17, 15) is 4.39 Å². The molecule has 3 nitrogen and oxygen atoms in total. The van der Waals surface area contributed by atoms with Crippen molar-refractivity contribution in [1.82, 2.24) is 4.98 Å². The molecule has 0 fully saturated rings. The summed E-state index contributed by atoms with van der Waals surface area (Å²) in [5, 5.41) is 3.30. The number of benzene rings is 2. The third-order valence-corrected chi connectivity index (χ3v) is 3.82. The summed E-state index contributed by atoms with van der Waals surface area (Å²) in [6.45, 7) is 2.62. The van der Waals surface area contributed by atoms with Crippen molar-refractivity contribution in [3.05, 3.63) is 58.1 Å². The van der Waals surface area contributed by atoms with Gasteiger partial charge in [0.1, 0.15) is 11.3 Å². The van der Waals surface area contributed by atoms with Crippen molar-refractivity contribution < 1.29 is 8.81 Å². The van der Waals surface area contributed by atoms with Gasteiger partial charge in [0.15, 0.2) is 11.5 Å². The maximum absolute atomic E-state index is 13.2. The number of aryl methyl sites for hydroxylation is 1. The summed E-state index contributed by atoms with van der Waals surface area (Å²) in [4.78, 5) is 4.41. The Morgan fingerprint density at radius 1 is 1.24 bits per heavy atom. The lowest BCUT2D eigenvalue weighted by Crippen LogP contribution is -1.99. The highest BCUT2D eigenvalue weighted by atomic mass is 79.9. The van der Waals surface area contributed by atoms with Crippen LogP contribution < -0.4 is 5.32 Å². The second kappa shape index (κ2) is 5.85. The topological polar surface area (TPSA) is 38.1 Å². The molecule has 108 valence electrons. The van der Waals surface area contributed by atoms with E-state index in [0.717, 1.165) is 34.7 Å². The van der Waals surface area contributed by atoms with E-state index in [0.29, 0.717) is 11.0 Å². The fourth-order valence-corrected chi connectivity index (χ4v) is 2.52. The highest BCUT2D eigenvalue weighted by molar-refractivity contribution is 9.10. The third-order valence-electron chi connectivity index (χ3n) is 3.21. The Kier molecular flexibility index (Phi) is 3.92. The van der Waals surface area contributed by atoms with Crippen LogP contribution in [0.3, 0.4) is 0 Å². The summed E-state index contributed by atoms with van der Waals surface area (Å²) in [5.41, 5.74) is 3.59. The Morgan fingerprint density at radius 3 is 2.86 bits per heavy atom. The number of anilines is 1. The lowest BCUT2D eigenvalue weighted by atomic mass is 10.2. The lowest BCUT2D eigenvalue weighted by molar-refractivity contribution is 0.538. The number of nitrogens with one attached hydrogen (secondary N) is 1. The first-order chi connectivity index (χ1) is 10.2. The third kappa shape index (κ3) is 3.08. The number of aromatic nitrogens is 1. The molecule has 0 atom stereocenters. The van der Waals surface area contributed by atoms with Crippen LogP contribution in [0, 0.1) is 5.82 Å². The van der Waals surface area contributed by atoms with Gasteiger partial charge in [0, 0.05) is 18.7 Å². The summed E-state index contributed by atoms with van der Waals surface area (Å²) in [5.74, 6) is 0.486. The predicted molar refractivity (Wildman–Crippen MR) is 84.8 cm³/mol. The van der Waals surface area contributed by atoms with E-state index in [4.69, 9.17) is 4.42 Å². The van der Waals surface area contributed by atoms with E-state index in [-0.39, 0.29) is 5.82 Å². The molecule has 1 aromatic heterocycles. The van der Waals surface area contributed by atoms with Crippen molar-refractivity contribution in [2.75, 3.05) is 5.32 Å². The molecule has 0 saturated carbocycles. The predicted octanol–water partition coefficient (Wildman–Crippen LogP) is 4.90. The lowest BCUT2D eigenvalue weighted by Gasteiger charge is -2.07. The number of halogens is 2. The number of nitrogens with zero attached hydrogens (tertiary/aromatic N) is 1. The normalized spacial score (nSPS) is 11.0. The number of hydrogen-bond donors (Lipinski definition) is 1. The zero-order valence-corrected chi connectivity index (χ0v) is 13.1. The van der Waals surface area contributed by atoms with Gasteiger partial charge in [-0.05, 0) is 51.8 Å². The van der Waals surface area contributed by atoms with Gasteiger partial charge >= 0.3 is 0 Å². The molecule has 0 radical (unpaired) electrons. The Bertz CT molecular complexity index is 785. The fourth-order valence-electron chi connectivity index (χ4n) is 2.09. The fraction of sp³-hybridized carbons (Fsp3) is 0.188. The Labute approximate surface area is 130 Å². The van der Waals surface area contributed by atoms with Crippen LogP contribution in [0.25, 0.3) is 11.1 Å². The second-order valence-electron chi connectivity index (χ2n) is 4.75. The molecule has 0 aliphatic rings. The van der Waals surface area contributed by atoms with Crippen LogP contribution in [0.2, 0.25) is 0 Å². The number of oxazole rings is 1. The van der Waals surface area contributed by atoms with Crippen LogP contribution in [-0.4, -0.2) is 4.98 Å². The summed E-state index contributed by atoms with van der Waals surface area (Å²) in [7, 11) is 0. The largest absolute Gasteiger partial charge is 0.441 e. The standard InChI is InChI=1S/C16H14BrFN2O/c1-2-16-20-14-8-11(4-6-15(14)21-16)19-9-10-3-5-13(18)12(17)7-10/h3-8,19H,2,9H2,1H3. The van der Waals surface area contributed by atoms with Crippen LogP contribution in [0.5, 0.6) is 0 Å². The zero-order valence-electron chi connectivity index (χ0n) is 11.5. The van der Waals surface area contributed by atoms with Crippen LogP contribution in [-0.2, 0) is 13.0 Å². The summed E-state index contributed by atoms with van der Waals surface area (Å²) in [6, 6.07) is 10.8. The van der Waals surface area contributed by atoms with Crippen molar-refractivity contribution in [3.63, 3.8) is 0 Å². The number of rotatable bonds is 4. The van der Waals surface area contributed by atoms with Crippen molar-refractivity contribution in [1.29, 1.82) is 0 Å². The monoisotopic (exact) mass is 348 g/mol. The first-order valence-corrected chi connectivity index (χ1v) is 7.52. The smallest absolute Gasteiger partial charge is 0.195 e. The highest BCUT2D eigenvalue weighted by Crippen LogP contribution is 2.22. The molecule has 21 heavy (non-hydrogen) atoms. The Hall–Kier alpha value is -1.88. The second-order valence-corrected chi connectivity index (χ2v) is 5.60. The molecule has 0 unspecified atom stereocenters. The summed E-state index contributed by atoms with van der Waals surface area (Å²) < 4.78 is 19.2. The maximum Gasteiger partial charge on any atom is 0.195 e. The number of fused-ring (bicyclic) bond motifs is 1. The summed E-state index contributed by atoms with van der Waals surface area (Å²) >= 11 is 3.19. The van der Waals surface area contributed by atoms with Crippen LogP contribution >= 0.6 is 15.9 Å². The molecule has 3 aromatic rings. The van der Waals surface area contributed by atoms with E-state index in [1.54, 1.807) is 12.1 Å². The molecule has 1 N–H and O–H groups in total. The Morgan fingerprint density at radius 2 is 2.10 bits per heavy atom. The summed E-state index contributed by atoms with van der Waals surface area (Å²) in [6.07, 6.45) is 0.779. The first-order valence-electron chi connectivity index (χ1n) is 6.73. The molecule has 0 bridgehead atoms. The van der Waals surface area contributed by atoms with Gasteiger partial charge in [-0.15, -0.1) is 0 Å². The molecule has 5 heteroatoms. The molecule has 0 aliphatic heterocycles. The van der Waals surface area contributed by atoms with Gasteiger partial charge in [-0.3, -0.25) is 0 Å².